The molecule has 0 spiro atoms. The van der Waals surface area contributed by atoms with Gasteiger partial charge in [0.1, 0.15) is 5.75 Å². The zero-order valence-corrected chi connectivity index (χ0v) is 20.8. The Morgan fingerprint density at radius 1 is 1.12 bits per heavy atom. The smallest absolute Gasteiger partial charge is 0.253 e. The molecule has 5 heteroatoms. The lowest BCUT2D eigenvalue weighted by atomic mass is 9.92. The molecule has 0 bridgehead atoms. The normalized spacial score (nSPS) is 22.2. The summed E-state index contributed by atoms with van der Waals surface area (Å²) < 4.78 is 21.2. The lowest BCUT2D eigenvalue weighted by molar-refractivity contribution is 0.0241. The van der Waals surface area contributed by atoms with Gasteiger partial charge in [0, 0.05) is 46.6 Å². The second kappa shape index (κ2) is 11.7. The van der Waals surface area contributed by atoms with Gasteiger partial charge in [0.2, 0.25) is 0 Å². The molecule has 1 fully saturated rings. The molecule has 180 valence electrons. The summed E-state index contributed by atoms with van der Waals surface area (Å²) in [6, 6.07) is 16.9. The summed E-state index contributed by atoms with van der Waals surface area (Å²) in [5, 5.41) is 0. The van der Waals surface area contributed by atoms with E-state index in [1.54, 1.807) is 7.11 Å². The molecule has 1 saturated heterocycles. The number of hydrogen-bond acceptors (Lipinski definition) is 4. The molecule has 2 aromatic rings. The summed E-state index contributed by atoms with van der Waals surface area (Å²) in [5.74, 6) is 0.891. The van der Waals surface area contributed by atoms with Crippen LogP contribution in [0.4, 0.5) is 0 Å². The molecule has 3 rings (SSSR count). The maximum Gasteiger partial charge on any atom is 0.253 e. The Hall–Kier alpha value is -2.37. The summed E-state index contributed by atoms with van der Waals surface area (Å²) in [6.45, 7) is 12.3. The Morgan fingerprint density at radius 2 is 1.85 bits per heavy atom. The highest BCUT2D eigenvalue weighted by Crippen LogP contribution is 2.35. The van der Waals surface area contributed by atoms with Crippen LogP contribution in [0.2, 0.25) is 0 Å². The number of ether oxygens (including phenoxy) is 1. The van der Waals surface area contributed by atoms with Crippen molar-refractivity contribution < 1.29 is 12.3 Å². The number of rotatable bonds is 9. The van der Waals surface area contributed by atoms with Crippen molar-refractivity contribution in [2.45, 2.75) is 59.1 Å². The van der Waals surface area contributed by atoms with E-state index in [0.717, 1.165) is 30.0 Å². The lowest BCUT2D eigenvalue weighted by Crippen LogP contribution is -2.57. The minimum Gasteiger partial charge on any atom is -0.497 e. The Balaban J connectivity index is 1.94. The van der Waals surface area contributed by atoms with E-state index in [9.17, 15) is 4.79 Å². The van der Waals surface area contributed by atoms with Crippen molar-refractivity contribution in [1.29, 1.82) is 0 Å². The highest BCUT2D eigenvalue weighted by Gasteiger charge is 2.34. The van der Waals surface area contributed by atoms with Gasteiger partial charge in [-0.3, -0.25) is 14.6 Å². The van der Waals surface area contributed by atoms with Crippen molar-refractivity contribution >= 4 is 5.91 Å². The number of methoxy groups -OCH3 is 1. The molecule has 4 atom stereocenters. The number of piperazine rings is 1. The van der Waals surface area contributed by atoms with E-state index in [4.69, 9.17) is 7.48 Å². The summed E-state index contributed by atoms with van der Waals surface area (Å²) in [6.07, 6.45) is -0.374. The van der Waals surface area contributed by atoms with Crippen LogP contribution in [0.5, 0.6) is 5.75 Å². The number of carbonyl (C=O) groups is 1. The summed E-state index contributed by atoms with van der Waals surface area (Å²) in [4.78, 5) is 19.6. The first-order valence-electron chi connectivity index (χ1n) is 13.4. The van der Waals surface area contributed by atoms with Gasteiger partial charge in [-0.05, 0) is 76.0 Å². The maximum atomic E-state index is 12.9. The second-order valence-electron chi connectivity index (χ2n) is 8.92. The molecule has 1 unspecified atom stereocenters. The molecule has 0 saturated carbocycles. The van der Waals surface area contributed by atoms with Gasteiger partial charge in [-0.2, -0.15) is 0 Å². The van der Waals surface area contributed by atoms with Gasteiger partial charge in [-0.15, -0.1) is 0 Å². The first kappa shape index (κ1) is 22.4. The fourth-order valence-corrected chi connectivity index (χ4v) is 4.89. The van der Waals surface area contributed by atoms with Crippen LogP contribution in [-0.4, -0.2) is 72.5 Å². The van der Waals surface area contributed by atoms with Crippen molar-refractivity contribution in [3.63, 3.8) is 0 Å². The van der Waals surface area contributed by atoms with Crippen LogP contribution < -0.4 is 4.74 Å². The van der Waals surface area contributed by atoms with E-state index in [1.165, 1.54) is 0 Å². The molecular weight excluding hydrogens is 410 g/mol. The first-order chi connectivity index (χ1) is 16.8. The number of carbonyl (C=O) groups excluding carboxylic acids is 1. The van der Waals surface area contributed by atoms with Gasteiger partial charge < -0.3 is 9.64 Å². The summed E-state index contributed by atoms with van der Waals surface area (Å²) in [7, 11) is 1.69. The molecule has 1 aliphatic rings. The third-order valence-electron chi connectivity index (χ3n) is 6.79. The first-order valence-corrected chi connectivity index (χ1v) is 12.1. The molecule has 0 aliphatic carbocycles. The van der Waals surface area contributed by atoms with Gasteiger partial charge in [0.25, 0.3) is 5.91 Å². The molecule has 2 aromatic carbocycles. The van der Waals surface area contributed by atoms with Crippen LogP contribution in [0.15, 0.2) is 48.5 Å². The van der Waals surface area contributed by atoms with E-state index >= 15 is 0 Å². The van der Waals surface area contributed by atoms with E-state index in [2.05, 4.69) is 47.9 Å². The Kier molecular flexibility index (Phi) is 7.93. The van der Waals surface area contributed by atoms with Gasteiger partial charge in [-0.25, -0.2) is 0 Å². The quantitative estimate of drug-likeness (QED) is 0.529. The van der Waals surface area contributed by atoms with Crippen LogP contribution in [0.25, 0.3) is 0 Å². The molecule has 1 heterocycles. The number of benzene rings is 2. The molecule has 1 amide bonds. The molecular formula is C28H41N3O2. The van der Waals surface area contributed by atoms with Crippen molar-refractivity contribution in [1.82, 2.24) is 14.7 Å². The topological polar surface area (TPSA) is 36.0 Å². The van der Waals surface area contributed by atoms with Crippen LogP contribution in [0.3, 0.4) is 0 Å². The van der Waals surface area contributed by atoms with Crippen molar-refractivity contribution in [3.8, 4) is 5.75 Å². The Labute approximate surface area is 203 Å². The highest BCUT2D eigenvalue weighted by atomic mass is 16.5. The molecule has 1 aliphatic heterocycles. The number of nitrogens with zero attached hydrogens (tertiary/aromatic N) is 3. The molecule has 0 N–H and O–H groups in total. The Morgan fingerprint density at radius 3 is 2.48 bits per heavy atom. The van der Waals surface area contributed by atoms with E-state index < -0.39 is 0 Å². The largest absolute Gasteiger partial charge is 0.497 e. The predicted molar refractivity (Wildman–Crippen MR) is 136 cm³/mol. The van der Waals surface area contributed by atoms with Crippen LogP contribution in [0.1, 0.15) is 71.3 Å². The third kappa shape index (κ3) is 5.77. The zero-order chi connectivity index (χ0) is 25.5. The number of amides is 1. The fourth-order valence-electron chi connectivity index (χ4n) is 4.89. The van der Waals surface area contributed by atoms with Crippen LogP contribution in [-0.2, 0) is 0 Å². The molecule has 0 aromatic heterocycles. The van der Waals surface area contributed by atoms with Gasteiger partial charge in [0.15, 0.2) is 0 Å². The fraction of sp³-hybridized carbons (Fsp3) is 0.536. The SMILES string of the molecule is [3H]CC([3H])CN1C[C@H](C)N([C@H](c2ccc(C(=O)N(CC)CC)cc2)c2cccc(OC)c2)C[C@H]1C. The lowest BCUT2D eigenvalue weighted by Gasteiger charge is -2.47. The minimum atomic E-state index is -0.374. The van der Waals surface area contributed by atoms with Crippen LogP contribution in [0, 0.1) is 0 Å². The molecule has 0 radical (unpaired) electrons. The maximum absolute atomic E-state index is 12.9. The Bertz CT molecular complexity index is 951. The van der Waals surface area contributed by atoms with Crippen molar-refractivity contribution in [3.05, 3.63) is 65.2 Å². The second-order valence-corrected chi connectivity index (χ2v) is 8.92. The van der Waals surface area contributed by atoms with Crippen molar-refractivity contribution in [2.24, 2.45) is 0 Å². The average molecular weight is 456 g/mol. The van der Waals surface area contributed by atoms with E-state index in [1.807, 2.05) is 43.0 Å². The van der Waals surface area contributed by atoms with Gasteiger partial charge in [-0.1, -0.05) is 31.2 Å². The monoisotopic (exact) mass is 455 g/mol. The third-order valence-corrected chi connectivity index (χ3v) is 6.79. The molecule has 5 nitrogen and oxygen atoms in total. The average Bonchev–Trinajstić information content (AvgIpc) is 2.88. The highest BCUT2D eigenvalue weighted by molar-refractivity contribution is 5.94. The number of hydrogen-bond donors (Lipinski definition) is 0. The van der Waals surface area contributed by atoms with E-state index in [0.29, 0.717) is 25.2 Å². The van der Waals surface area contributed by atoms with Crippen LogP contribution >= 0.6 is 0 Å². The summed E-state index contributed by atoms with van der Waals surface area (Å²) >= 11 is 0. The minimum absolute atomic E-state index is 0.0188. The predicted octanol–water partition coefficient (Wildman–Crippen LogP) is 5.07. The standard InChI is InChI=1S/C28H41N3O2/c1-7-17-30-19-22(5)31(20-21(30)4)27(25-11-10-12-26(18-25)33-6)23-13-15-24(16-14-23)28(32)29(8-2)9-3/h10-16,18,21-22,27H,7-9,17,19-20H2,1-6H3/t21-,22+,27-/m1/s1/i1T,7T/t7?,21-,22+,27-. The van der Waals surface area contributed by atoms with Gasteiger partial charge >= 0.3 is 0 Å². The molecule has 33 heavy (non-hydrogen) atoms. The summed E-state index contributed by atoms with van der Waals surface area (Å²) in [5.41, 5.74) is 3.01. The van der Waals surface area contributed by atoms with Crippen molar-refractivity contribution in [2.75, 3.05) is 39.8 Å². The zero-order valence-electron chi connectivity index (χ0n) is 22.8. The van der Waals surface area contributed by atoms with E-state index in [-0.39, 0.29) is 37.3 Å². The van der Waals surface area contributed by atoms with Gasteiger partial charge in [0.05, 0.1) is 13.2 Å².